The van der Waals surface area contributed by atoms with Gasteiger partial charge in [0.15, 0.2) is 0 Å². The van der Waals surface area contributed by atoms with E-state index < -0.39 is 5.60 Å². The Morgan fingerprint density at radius 2 is 2.04 bits per heavy atom. The Hall–Kier alpha value is -1.37. The third kappa shape index (κ3) is 3.23. The zero-order chi connectivity index (χ0) is 18.2. The number of rotatable bonds is 3. The molecule has 3 rings (SSSR count). The van der Waals surface area contributed by atoms with E-state index in [1.165, 1.54) is 21.7 Å². The van der Waals surface area contributed by atoms with Gasteiger partial charge in [-0.1, -0.05) is 24.4 Å². The highest BCUT2D eigenvalue weighted by atomic mass is 35.5. The van der Waals surface area contributed by atoms with Crippen LogP contribution >= 0.6 is 11.6 Å². The molecule has 1 amide bonds. The molecule has 1 aromatic heterocycles. The van der Waals surface area contributed by atoms with Gasteiger partial charge >= 0.3 is 0 Å². The summed E-state index contributed by atoms with van der Waals surface area (Å²) in [6, 6.07) is 1.27. The van der Waals surface area contributed by atoms with Crippen LogP contribution in [0.25, 0.3) is 0 Å². The van der Waals surface area contributed by atoms with E-state index in [-0.39, 0.29) is 34.0 Å². The van der Waals surface area contributed by atoms with E-state index in [0.29, 0.717) is 6.42 Å². The normalized spacial score (nSPS) is 25.3. The van der Waals surface area contributed by atoms with E-state index in [1.807, 2.05) is 0 Å². The molecule has 2 fully saturated rings. The number of amides is 1. The molecule has 1 unspecified atom stereocenters. The van der Waals surface area contributed by atoms with Crippen molar-refractivity contribution in [1.29, 1.82) is 0 Å². The molecule has 0 radical (unpaired) electrons. The van der Waals surface area contributed by atoms with Crippen LogP contribution in [0.3, 0.4) is 0 Å². The highest BCUT2D eigenvalue weighted by Gasteiger charge is 2.53. The number of nitrogens with zero attached hydrogens (tertiary/aromatic N) is 2. The van der Waals surface area contributed by atoms with Crippen LogP contribution in [0.4, 0.5) is 0 Å². The summed E-state index contributed by atoms with van der Waals surface area (Å²) in [7, 11) is 3.28. The molecule has 7 heteroatoms. The Labute approximate surface area is 152 Å². The van der Waals surface area contributed by atoms with Gasteiger partial charge in [-0.25, -0.2) is 0 Å². The van der Waals surface area contributed by atoms with Crippen molar-refractivity contribution in [3.05, 3.63) is 33.2 Å². The van der Waals surface area contributed by atoms with Crippen LogP contribution in [0, 0.1) is 5.41 Å². The van der Waals surface area contributed by atoms with Crippen LogP contribution in [0.15, 0.2) is 17.1 Å². The predicted molar refractivity (Wildman–Crippen MR) is 97.1 cm³/mol. The van der Waals surface area contributed by atoms with Crippen molar-refractivity contribution in [2.45, 2.75) is 44.2 Å². The molecule has 2 N–H and O–H groups in total. The molecule has 1 saturated carbocycles. The van der Waals surface area contributed by atoms with Gasteiger partial charge in [-0.3, -0.25) is 9.59 Å². The number of hydrogen-bond donors (Lipinski definition) is 2. The fraction of sp³-hybridized carbons (Fsp3) is 0.667. The summed E-state index contributed by atoms with van der Waals surface area (Å²) < 4.78 is 1.45. The molecule has 0 aromatic carbocycles. The Kier molecular flexibility index (Phi) is 4.97. The molecule has 2 aliphatic rings. The van der Waals surface area contributed by atoms with Gasteiger partial charge in [0.25, 0.3) is 11.5 Å². The summed E-state index contributed by atoms with van der Waals surface area (Å²) in [6.45, 7) is 1.69. The monoisotopic (exact) mass is 367 g/mol. The highest BCUT2D eigenvalue weighted by Crippen LogP contribution is 2.49. The first-order valence-electron chi connectivity index (χ1n) is 8.83. The average molecular weight is 368 g/mol. The smallest absolute Gasteiger partial charge is 0.256 e. The van der Waals surface area contributed by atoms with Gasteiger partial charge in [0.2, 0.25) is 0 Å². The third-order valence-corrected chi connectivity index (χ3v) is 6.18. The number of hydrogen-bond acceptors (Lipinski definition) is 4. The molecule has 1 atom stereocenters. The lowest BCUT2D eigenvalue weighted by Gasteiger charge is -2.49. The minimum atomic E-state index is -0.954. The Morgan fingerprint density at radius 1 is 1.36 bits per heavy atom. The summed E-state index contributed by atoms with van der Waals surface area (Å²) in [5.41, 5.74) is -1.16. The van der Waals surface area contributed by atoms with Crippen LogP contribution in [-0.4, -0.2) is 53.3 Å². The Bertz CT molecular complexity index is 725. The minimum Gasteiger partial charge on any atom is -0.387 e. The molecule has 1 saturated heterocycles. The zero-order valence-corrected chi connectivity index (χ0v) is 15.6. The maximum absolute atomic E-state index is 12.4. The second kappa shape index (κ2) is 6.74. The van der Waals surface area contributed by atoms with Crippen LogP contribution < -0.4 is 10.9 Å². The van der Waals surface area contributed by atoms with Crippen molar-refractivity contribution >= 4 is 17.5 Å². The molecule has 1 spiro atoms. The lowest BCUT2D eigenvalue weighted by atomic mass is 9.66. The summed E-state index contributed by atoms with van der Waals surface area (Å²) in [5, 5.41) is 15.0. The second-order valence-corrected chi connectivity index (χ2v) is 8.05. The van der Waals surface area contributed by atoms with Crippen molar-refractivity contribution in [3.8, 4) is 0 Å². The van der Waals surface area contributed by atoms with Gasteiger partial charge in [-0.15, -0.1) is 0 Å². The molecule has 2 heterocycles. The number of aromatic nitrogens is 1. The van der Waals surface area contributed by atoms with Crippen LogP contribution in [0.2, 0.25) is 5.02 Å². The number of carbonyl (C=O) groups excluding carboxylic acids is 1. The van der Waals surface area contributed by atoms with Crippen molar-refractivity contribution in [2.24, 2.45) is 5.41 Å². The van der Waals surface area contributed by atoms with Crippen molar-refractivity contribution in [3.63, 3.8) is 0 Å². The van der Waals surface area contributed by atoms with Gasteiger partial charge in [0, 0.05) is 38.3 Å². The Morgan fingerprint density at radius 3 is 2.68 bits per heavy atom. The quantitative estimate of drug-likeness (QED) is 0.848. The van der Waals surface area contributed by atoms with E-state index in [4.69, 9.17) is 11.6 Å². The SMILES string of the molecule is CN(C)C(=O)c1cn(CC2(O)CCNCC23CCCC3)c(=O)cc1Cl. The van der Waals surface area contributed by atoms with Crippen molar-refractivity contribution in [2.75, 3.05) is 27.2 Å². The summed E-state index contributed by atoms with van der Waals surface area (Å²) >= 11 is 6.11. The van der Waals surface area contributed by atoms with E-state index in [0.717, 1.165) is 38.8 Å². The second-order valence-electron chi connectivity index (χ2n) is 7.65. The minimum absolute atomic E-state index is 0.146. The van der Waals surface area contributed by atoms with E-state index >= 15 is 0 Å². The molecule has 1 aromatic rings. The fourth-order valence-corrected chi connectivity index (χ4v) is 4.57. The number of pyridine rings is 1. The summed E-state index contributed by atoms with van der Waals surface area (Å²) in [6.07, 6.45) is 6.22. The van der Waals surface area contributed by atoms with Gasteiger partial charge in [0.05, 0.1) is 22.7 Å². The molecule has 1 aliphatic heterocycles. The van der Waals surface area contributed by atoms with Crippen LogP contribution in [0.1, 0.15) is 42.5 Å². The first kappa shape index (κ1) is 18.4. The van der Waals surface area contributed by atoms with Gasteiger partial charge in [0.1, 0.15) is 0 Å². The average Bonchev–Trinajstić information content (AvgIpc) is 3.03. The van der Waals surface area contributed by atoms with E-state index in [1.54, 1.807) is 14.1 Å². The molecular formula is C18H26ClN3O3. The predicted octanol–water partition coefficient (Wildman–Crippen LogP) is 1.49. The lowest BCUT2D eigenvalue weighted by molar-refractivity contribution is -0.115. The van der Waals surface area contributed by atoms with Crippen molar-refractivity contribution in [1.82, 2.24) is 14.8 Å². The lowest BCUT2D eigenvalue weighted by Crippen LogP contribution is -2.60. The molecular weight excluding hydrogens is 342 g/mol. The number of nitrogens with one attached hydrogen (secondary N) is 1. The standard InChI is InChI=1S/C18H26ClN3O3/c1-21(2)16(24)13-10-22(15(23)9-14(13)19)12-18(25)7-8-20-11-17(18)5-3-4-6-17/h9-10,20,25H,3-8,11-12H2,1-2H3. The topological polar surface area (TPSA) is 74.6 Å². The van der Waals surface area contributed by atoms with Gasteiger partial charge in [-0.05, 0) is 25.8 Å². The third-order valence-electron chi connectivity index (χ3n) is 5.87. The first-order chi connectivity index (χ1) is 11.8. The molecule has 6 nitrogen and oxygen atoms in total. The number of piperidine rings is 1. The van der Waals surface area contributed by atoms with Gasteiger partial charge in [-0.2, -0.15) is 0 Å². The van der Waals surface area contributed by atoms with E-state index in [9.17, 15) is 14.7 Å². The van der Waals surface area contributed by atoms with Crippen LogP contribution in [-0.2, 0) is 6.54 Å². The molecule has 138 valence electrons. The maximum Gasteiger partial charge on any atom is 0.256 e. The first-order valence-corrected chi connectivity index (χ1v) is 9.21. The fourth-order valence-electron chi connectivity index (χ4n) is 4.35. The summed E-state index contributed by atoms with van der Waals surface area (Å²) in [5.74, 6) is -0.258. The van der Waals surface area contributed by atoms with E-state index in [2.05, 4.69) is 5.32 Å². The molecule has 25 heavy (non-hydrogen) atoms. The summed E-state index contributed by atoms with van der Waals surface area (Å²) in [4.78, 5) is 26.2. The zero-order valence-electron chi connectivity index (χ0n) is 14.8. The van der Waals surface area contributed by atoms with Crippen LogP contribution in [0.5, 0.6) is 0 Å². The number of aliphatic hydroxyl groups is 1. The Balaban J connectivity index is 1.97. The number of halogens is 1. The van der Waals surface area contributed by atoms with Crippen molar-refractivity contribution < 1.29 is 9.90 Å². The highest BCUT2D eigenvalue weighted by molar-refractivity contribution is 6.33. The molecule has 0 bridgehead atoms. The number of carbonyl (C=O) groups is 1. The molecule has 1 aliphatic carbocycles. The van der Waals surface area contributed by atoms with Gasteiger partial charge < -0.3 is 19.9 Å². The largest absolute Gasteiger partial charge is 0.387 e. The maximum atomic E-state index is 12.4.